The van der Waals surface area contributed by atoms with Gasteiger partial charge >= 0.3 is 6.36 Å². The smallest absolute Gasteiger partial charge is 0.405 e. The molecule has 5 nitrogen and oxygen atoms in total. The first-order valence-corrected chi connectivity index (χ1v) is 6.67. The molecular weight excluding hydrogens is 355 g/mol. The maximum absolute atomic E-state index is 12.1. The van der Waals surface area contributed by atoms with E-state index in [1.165, 1.54) is 6.07 Å². The summed E-state index contributed by atoms with van der Waals surface area (Å²) in [6.45, 7) is 2.53. The summed E-state index contributed by atoms with van der Waals surface area (Å²) in [7, 11) is 0. The number of benzene rings is 1. The number of halogens is 4. The molecule has 0 saturated carbocycles. The molecule has 0 aliphatic rings. The van der Waals surface area contributed by atoms with Gasteiger partial charge in [-0.15, -0.1) is 13.2 Å². The molecule has 0 amide bonds. The second-order valence-corrected chi connectivity index (χ2v) is 5.00. The molecule has 114 valence electrons. The third-order valence-corrected chi connectivity index (χ3v) is 3.02. The predicted octanol–water partition coefficient (Wildman–Crippen LogP) is 3.33. The molecule has 1 aromatic heterocycles. The van der Waals surface area contributed by atoms with Gasteiger partial charge in [0.05, 0.1) is 11.0 Å². The van der Waals surface area contributed by atoms with Crippen molar-refractivity contribution in [2.24, 2.45) is 0 Å². The van der Waals surface area contributed by atoms with Gasteiger partial charge in [-0.25, -0.2) is 0 Å². The van der Waals surface area contributed by atoms with Crippen LogP contribution in [0.25, 0.3) is 0 Å². The van der Waals surface area contributed by atoms with Crippen LogP contribution < -0.4 is 10.1 Å². The first-order valence-electron chi connectivity index (χ1n) is 5.87. The molecule has 1 aromatic carbocycles. The van der Waals surface area contributed by atoms with Crippen molar-refractivity contribution in [3.8, 4) is 5.75 Å². The third kappa shape index (κ3) is 5.01. The number of hydrogen-bond donors (Lipinski definition) is 1. The fourth-order valence-corrected chi connectivity index (χ4v) is 2.10. The minimum absolute atomic E-state index is 0.231. The molecule has 0 atom stereocenters. The highest BCUT2D eigenvalue weighted by Gasteiger charge is 2.31. The molecule has 0 saturated heterocycles. The Morgan fingerprint density at radius 3 is 2.67 bits per heavy atom. The number of ether oxygens (including phenoxy) is 1. The van der Waals surface area contributed by atoms with Crippen molar-refractivity contribution < 1.29 is 22.4 Å². The van der Waals surface area contributed by atoms with Crippen molar-refractivity contribution in [1.82, 2.24) is 15.5 Å². The van der Waals surface area contributed by atoms with Crippen LogP contribution in [0.15, 0.2) is 27.2 Å². The lowest BCUT2D eigenvalue weighted by atomic mass is 10.2. The van der Waals surface area contributed by atoms with Crippen molar-refractivity contribution in [2.45, 2.75) is 26.4 Å². The summed E-state index contributed by atoms with van der Waals surface area (Å²) < 4.78 is 45.3. The van der Waals surface area contributed by atoms with Crippen molar-refractivity contribution in [3.05, 3.63) is 40.0 Å². The fraction of sp³-hybridized carbons (Fsp3) is 0.333. The van der Waals surface area contributed by atoms with E-state index in [0.717, 1.165) is 5.56 Å². The van der Waals surface area contributed by atoms with E-state index in [1.807, 2.05) is 0 Å². The maximum Gasteiger partial charge on any atom is 0.573 e. The largest absolute Gasteiger partial charge is 0.573 e. The van der Waals surface area contributed by atoms with Crippen LogP contribution in [0.4, 0.5) is 13.2 Å². The molecule has 0 fully saturated rings. The summed E-state index contributed by atoms with van der Waals surface area (Å²) in [5.74, 6) is 0.715. The van der Waals surface area contributed by atoms with Crippen molar-refractivity contribution in [3.63, 3.8) is 0 Å². The molecule has 0 aliphatic carbocycles. The lowest BCUT2D eigenvalue weighted by molar-refractivity contribution is -0.274. The quantitative estimate of drug-likeness (QED) is 0.880. The third-order valence-electron chi connectivity index (χ3n) is 2.40. The average Bonchev–Trinajstić information content (AvgIpc) is 2.77. The fourth-order valence-electron chi connectivity index (χ4n) is 1.59. The van der Waals surface area contributed by atoms with Crippen molar-refractivity contribution in [2.75, 3.05) is 0 Å². The summed E-state index contributed by atoms with van der Waals surface area (Å²) in [5.41, 5.74) is 0.789. The number of rotatable bonds is 5. The van der Waals surface area contributed by atoms with E-state index in [-0.39, 0.29) is 10.2 Å². The van der Waals surface area contributed by atoms with Gasteiger partial charge in [-0.2, -0.15) is 4.98 Å². The second kappa shape index (κ2) is 6.44. The van der Waals surface area contributed by atoms with Crippen LogP contribution in [-0.4, -0.2) is 16.5 Å². The number of nitrogens with zero attached hydrogens (tertiary/aromatic N) is 2. The molecule has 2 aromatic rings. The van der Waals surface area contributed by atoms with E-state index in [9.17, 15) is 13.2 Å². The summed E-state index contributed by atoms with van der Waals surface area (Å²) >= 11 is 3.05. The van der Waals surface area contributed by atoms with Gasteiger partial charge in [0.15, 0.2) is 5.82 Å². The van der Waals surface area contributed by atoms with Gasteiger partial charge in [-0.05, 0) is 33.6 Å². The second-order valence-electron chi connectivity index (χ2n) is 4.15. The standard InChI is InChI=1S/C12H11BrF3N3O2/c1-7-18-11(19-21-7)6-17-5-8-2-3-10(9(13)4-8)20-12(14,15)16/h2-4,17H,5-6H2,1H3. The van der Waals surface area contributed by atoms with E-state index in [1.54, 1.807) is 19.1 Å². The molecule has 1 N–H and O–H groups in total. The van der Waals surface area contributed by atoms with Gasteiger partial charge < -0.3 is 14.6 Å². The molecule has 0 spiro atoms. The van der Waals surface area contributed by atoms with Crippen molar-refractivity contribution in [1.29, 1.82) is 0 Å². The van der Waals surface area contributed by atoms with Gasteiger partial charge in [0.2, 0.25) is 5.89 Å². The molecule has 21 heavy (non-hydrogen) atoms. The SMILES string of the molecule is Cc1nc(CNCc2ccc(OC(F)(F)F)c(Br)c2)no1. The maximum atomic E-state index is 12.1. The van der Waals surface area contributed by atoms with E-state index in [2.05, 4.69) is 36.1 Å². The zero-order valence-corrected chi connectivity index (χ0v) is 12.5. The summed E-state index contributed by atoms with van der Waals surface area (Å²) in [4.78, 5) is 4.02. The van der Waals surface area contributed by atoms with Gasteiger partial charge in [0, 0.05) is 13.5 Å². The topological polar surface area (TPSA) is 60.2 Å². The minimum Gasteiger partial charge on any atom is -0.405 e. The van der Waals surface area contributed by atoms with Crippen LogP contribution in [0.1, 0.15) is 17.3 Å². The number of aryl methyl sites for hydroxylation is 1. The highest BCUT2D eigenvalue weighted by atomic mass is 79.9. The molecule has 9 heteroatoms. The Kier molecular flexibility index (Phi) is 4.84. The Balaban J connectivity index is 1.91. The lowest BCUT2D eigenvalue weighted by Gasteiger charge is -2.11. The molecule has 0 unspecified atom stereocenters. The van der Waals surface area contributed by atoms with Crippen LogP contribution >= 0.6 is 15.9 Å². The predicted molar refractivity (Wildman–Crippen MR) is 70.4 cm³/mol. The zero-order chi connectivity index (χ0) is 15.5. The first-order chi connectivity index (χ1) is 9.83. The van der Waals surface area contributed by atoms with Gasteiger partial charge in [-0.3, -0.25) is 0 Å². The first kappa shape index (κ1) is 15.8. The van der Waals surface area contributed by atoms with Crippen LogP contribution in [0.5, 0.6) is 5.75 Å². The lowest BCUT2D eigenvalue weighted by Crippen LogP contribution is -2.17. The molecule has 0 bridgehead atoms. The van der Waals surface area contributed by atoms with Gasteiger partial charge in [0.25, 0.3) is 0 Å². The van der Waals surface area contributed by atoms with Gasteiger partial charge in [0.1, 0.15) is 5.75 Å². The molecule has 2 rings (SSSR count). The Morgan fingerprint density at radius 1 is 1.33 bits per heavy atom. The zero-order valence-electron chi connectivity index (χ0n) is 10.9. The van der Waals surface area contributed by atoms with Gasteiger partial charge in [-0.1, -0.05) is 11.2 Å². The average molecular weight is 366 g/mol. The van der Waals surface area contributed by atoms with E-state index >= 15 is 0 Å². The Morgan fingerprint density at radius 2 is 2.10 bits per heavy atom. The number of alkyl halides is 3. The summed E-state index contributed by atoms with van der Waals surface area (Å²) in [5, 5.41) is 6.77. The summed E-state index contributed by atoms with van der Waals surface area (Å²) in [6, 6.07) is 4.35. The van der Waals surface area contributed by atoms with Crippen molar-refractivity contribution >= 4 is 15.9 Å². The normalized spacial score (nSPS) is 11.7. The van der Waals surface area contributed by atoms with Crippen LogP contribution in [0.2, 0.25) is 0 Å². The van der Waals surface area contributed by atoms with Crippen LogP contribution in [0.3, 0.4) is 0 Å². The summed E-state index contributed by atoms with van der Waals surface area (Å²) in [6.07, 6.45) is -4.71. The molecular formula is C12H11BrF3N3O2. The van der Waals surface area contributed by atoms with Crippen LogP contribution in [0, 0.1) is 6.92 Å². The molecule has 0 radical (unpaired) electrons. The van der Waals surface area contributed by atoms with E-state index < -0.39 is 6.36 Å². The molecule has 1 heterocycles. The highest BCUT2D eigenvalue weighted by Crippen LogP contribution is 2.31. The monoisotopic (exact) mass is 365 g/mol. The van der Waals surface area contributed by atoms with E-state index in [4.69, 9.17) is 4.52 Å². The Bertz CT molecular complexity index is 616. The minimum atomic E-state index is -4.71. The molecule has 0 aliphatic heterocycles. The number of aromatic nitrogens is 2. The number of hydrogen-bond acceptors (Lipinski definition) is 5. The highest BCUT2D eigenvalue weighted by molar-refractivity contribution is 9.10. The van der Waals surface area contributed by atoms with E-state index in [0.29, 0.717) is 24.8 Å². The van der Waals surface area contributed by atoms with Crippen LogP contribution in [-0.2, 0) is 13.1 Å². The number of nitrogens with one attached hydrogen (secondary N) is 1. The Hall–Kier alpha value is -1.61. The Labute approximate surface area is 126 Å².